The molecular formula is C19H19N. The van der Waals surface area contributed by atoms with Crippen molar-refractivity contribution < 1.29 is 0 Å². The fourth-order valence-corrected chi connectivity index (χ4v) is 2.57. The molecule has 0 spiro atoms. The van der Waals surface area contributed by atoms with Crippen molar-refractivity contribution in [1.82, 2.24) is 0 Å². The van der Waals surface area contributed by atoms with Crippen LogP contribution < -0.4 is 5.32 Å². The molecule has 0 saturated heterocycles. The standard InChI is InChI=1S/C19H19N/c1-13-7-6-10-18(15(13)3)20-19-14(2)11-12-16-8-4-5-9-17(16)19/h4-12,20H,1-3H3. The number of hydrogen-bond donors (Lipinski definition) is 1. The van der Waals surface area contributed by atoms with Crippen LogP contribution in [0.3, 0.4) is 0 Å². The zero-order valence-electron chi connectivity index (χ0n) is 12.2. The molecule has 0 bridgehead atoms. The second kappa shape index (κ2) is 5.01. The highest BCUT2D eigenvalue weighted by Crippen LogP contribution is 2.31. The summed E-state index contributed by atoms with van der Waals surface area (Å²) in [6.45, 7) is 6.47. The maximum atomic E-state index is 3.62. The van der Waals surface area contributed by atoms with Crippen LogP contribution in [0.15, 0.2) is 54.6 Å². The topological polar surface area (TPSA) is 12.0 Å². The fraction of sp³-hybridized carbons (Fsp3) is 0.158. The smallest absolute Gasteiger partial charge is 0.0493 e. The second-order valence-corrected chi connectivity index (χ2v) is 5.35. The molecule has 20 heavy (non-hydrogen) atoms. The Balaban J connectivity index is 2.15. The Morgan fingerprint density at radius 3 is 2.35 bits per heavy atom. The predicted octanol–water partition coefficient (Wildman–Crippen LogP) is 5.51. The van der Waals surface area contributed by atoms with Gasteiger partial charge >= 0.3 is 0 Å². The average Bonchev–Trinajstić information content (AvgIpc) is 2.46. The largest absolute Gasteiger partial charge is 0.355 e. The van der Waals surface area contributed by atoms with Gasteiger partial charge in [-0.05, 0) is 48.9 Å². The molecule has 0 aliphatic carbocycles. The molecule has 100 valence electrons. The van der Waals surface area contributed by atoms with Gasteiger partial charge < -0.3 is 5.32 Å². The Kier molecular flexibility index (Phi) is 3.19. The molecule has 3 rings (SSSR count). The van der Waals surface area contributed by atoms with Gasteiger partial charge in [0.15, 0.2) is 0 Å². The first kappa shape index (κ1) is 12.7. The molecule has 0 amide bonds. The molecule has 3 aromatic rings. The molecule has 0 atom stereocenters. The van der Waals surface area contributed by atoms with E-state index in [1.807, 2.05) is 0 Å². The minimum Gasteiger partial charge on any atom is -0.355 e. The van der Waals surface area contributed by atoms with Gasteiger partial charge in [-0.15, -0.1) is 0 Å². The molecule has 0 saturated carbocycles. The van der Waals surface area contributed by atoms with Crippen LogP contribution in [0.1, 0.15) is 16.7 Å². The van der Waals surface area contributed by atoms with E-state index < -0.39 is 0 Å². The van der Waals surface area contributed by atoms with Crippen molar-refractivity contribution in [3.63, 3.8) is 0 Å². The van der Waals surface area contributed by atoms with E-state index in [4.69, 9.17) is 0 Å². The highest BCUT2D eigenvalue weighted by atomic mass is 14.9. The lowest BCUT2D eigenvalue weighted by Gasteiger charge is -2.16. The van der Waals surface area contributed by atoms with Crippen molar-refractivity contribution in [1.29, 1.82) is 0 Å². The number of nitrogens with one attached hydrogen (secondary N) is 1. The Morgan fingerprint density at radius 2 is 1.50 bits per heavy atom. The third kappa shape index (κ3) is 2.16. The maximum Gasteiger partial charge on any atom is 0.0493 e. The number of aryl methyl sites for hydroxylation is 2. The van der Waals surface area contributed by atoms with Gasteiger partial charge in [0.05, 0.1) is 0 Å². The van der Waals surface area contributed by atoms with E-state index in [2.05, 4.69) is 80.7 Å². The summed E-state index contributed by atoms with van der Waals surface area (Å²) in [5, 5.41) is 6.17. The van der Waals surface area contributed by atoms with Gasteiger partial charge in [-0.3, -0.25) is 0 Å². The van der Waals surface area contributed by atoms with Crippen LogP contribution in [-0.4, -0.2) is 0 Å². The fourth-order valence-electron chi connectivity index (χ4n) is 2.57. The molecule has 0 aliphatic rings. The normalized spacial score (nSPS) is 10.8. The zero-order chi connectivity index (χ0) is 14.1. The maximum absolute atomic E-state index is 3.62. The summed E-state index contributed by atoms with van der Waals surface area (Å²) in [4.78, 5) is 0. The lowest BCUT2D eigenvalue weighted by Crippen LogP contribution is -1.97. The van der Waals surface area contributed by atoms with Gasteiger partial charge in [0, 0.05) is 16.8 Å². The molecule has 0 fully saturated rings. The minimum atomic E-state index is 1.18. The van der Waals surface area contributed by atoms with E-state index in [9.17, 15) is 0 Å². The predicted molar refractivity (Wildman–Crippen MR) is 87.9 cm³/mol. The van der Waals surface area contributed by atoms with E-state index >= 15 is 0 Å². The highest BCUT2D eigenvalue weighted by Gasteiger charge is 2.07. The van der Waals surface area contributed by atoms with Crippen molar-refractivity contribution in [3.8, 4) is 0 Å². The highest BCUT2D eigenvalue weighted by molar-refractivity contribution is 5.97. The summed E-state index contributed by atoms with van der Waals surface area (Å²) in [6.07, 6.45) is 0. The Labute approximate surface area is 120 Å². The van der Waals surface area contributed by atoms with Gasteiger partial charge in [0.2, 0.25) is 0 Å². The van der Waals surface area contributed by atoms with Crippen LogP contribution in [0.5, 0.6) is 0 Å². The van der Waals surface area contributed by atoms with Crippen molar-refractivity contribution in [2.75, 3.05) is 5.32 Å². The Morgan fingerprint density at radius 1 is 0.700 bits per heavy atom. The molecular weight excluding hydrogens is 242 g/mol. The van der Waals surface area contributed by atoms with Gasteiger partial charge in [-0.2, -0.15) is 0 Å². The first-order valence-electron chi connectivity index (χ1n) is 6.98. The number of rotatable bonds is 2. The van der Waals surface area contributed by atoms with Crippen LogP contribution in [0, 0.1) is 20.8 Å². The summed E-state index contributed by atoms with van der Waals surface area (Å²) in [7, 11) is 0. The van der Waals surface area contributed by atoms with E-state index in [1.54, 1.807) is 0 Å². The Bertz CT molecular complexity index is 772. The molecule has 0 aliphatic heterocycles. The molecule has 3 aromatic carbocycles. The van der Waals surface area contributed by atoms with Gasteiger partial charge in [-0.1, -0.05) is 48.5 Å². The molecule has 0 aromatic heterocycles. The molecule has 0 unspecified atom stereocenters. The van der Waals surface area contributed by atoms with Crippen LogP contribution >= 0.6 is 0 Å². The summed E-state index contributed by atoms with van der Waals surface area (Å²) >= 11 is 0. The molecule has 1 nitrogen and oxygen atoms in total. The lowest BCUT2D eigenvalue weighted by atomic mass is 10.0. The van der Waals surface area contributed by atoms with Crippen LogP contribution in [0.4, 0.5) is 11.4 Å². The zero-order valence-corrected chi connectivity index (χ0v) is 12.2. The lowest BCUT2D eigenvalue weighted by molar-refractivity contribution is 1.33. The van der Waals surface area contributed by atoms with E-state index in [0.717, 1.165) is 0 Å². The molecule has 0 radical (unpaired) electrons. The van der Waals surface area contributed by atoms with E-state index in [-0.39, 0.29) is 0 Å². The quantitative estimate of drug-likeness (QED) is 0.641. The van der Waals surface area contributed by atoms with E-state index in [0.29, 0.717) is 0 Å². The third-order valence-electron chi connectivity index (χ3n) is 4.00. The van der Waals surface area contributed by atoms with Crippen molar-refractivity contribution >= 4 is 22.1 Å². The van der Waals surface area contributed by atoms with Crippen LogP contribution in [0.2, 0.25) is 0 Å². The van der Waals surface area contributed by atoms with Gasteiger partial charge in [0.25, 0.3) is 0 Å². The summed E-state index contributed by atoms with van der Waals surface area (Å²) in [6, 6.07) is 19.3. The van der Waals surface area contributed by atoms with Crippen molar-refractivity contribution in [2.45, 2.75) is 20.8 Å². The van der Waals surface area contributed by atoms with Crippen molar-refractivity contribution in [2.24, 2.45) is 0 Å². The molecule has 0 heterocycles. The third-order valence-corrected chi connectivity index (χ3v) is 4.00. The van der Waals surface area contributed by atoms with E-state index in [1.165, 1.54) is 38.8 Å². The van der Waals surface area contributed by atoms with Gasteiger partial charge in [-0.25, -0.2) is 0 Å². The minimum absolute atomic E-state index is 1.18. The average molecular weight is 261 g/mol. The van der Waals surface area contributed by atoms with Crippen LogP contribution in [-0.2, 0) is 0 Å². The number of benzene rings is 3. The van der Waals surface area contributed by atoms with Crippen LogP contribution in [0.25, 0.3) is 10.8 Å². The first-order chi connectivity index (χ1) is 9.66. The SMILES string of the molecule is Cc1cccc(Nc2c(C)ccc3ccccc23)c1C. The monoisotopic (exact) mass is 261 g/mol. The summed E-state index contributed by atoms with van der Waals surface area (Å²) in [5.41, 5.74) is 6.28. The number of fused-ring (bicyclic) bond motifs is 1. The van der Waals surface area contributed by atoms with Crippen molar-refractivity contribution in [3.05, 3.63) is 71.3 Å². The second-order valence-electron chi connectivity index (χ2n) is 5.35. The first-order valence-corrected chi connectivity index (χ1v) is 6.98. The summed E-state index contributed by atoms with van der Waals surface area (Å²) < 4.78 is 0. The number of hydrogen-bond acceptors (Lipinski definition) is 1. The molecule has 1 N–H and O–H groups in total. The summed E-state index contributed by atoms with van der Waals surface area (Å²) in [5.74, 6) is 0. The van der Waals surface area contributed by atoms with Gasteiger partial charge in [0.1, 0.15) is 0 Å². The Hall–Kier alpha value is -2.28. The number of anilines is 2. The molecule has 1 heteroatoms.